The molecule has 0 bridgehead atoms. The topological polar surface area (TPSA) is 70.0 Å². The largest absolute Gasteiger partial charge is 0.292 e. The first-order chi connectivity index (χ1) is 16.1. The summed E-state index contributed by atoms with van der Waals surface area (Å²) in [6.45, 7) is 0. The van der Waals surface area contributed by atoms with Gasteiger partial charge in [-0.05, 0) is 47.5 Å². The number of rotatable bonds is 3. The molecule has 0 aromatic heterocycles. The Bertz CT molecular complexity index is 1320. The van der Waals surface area contributed by atoms with Crippen LogP contribution in [-0.4, -0.2) is 34.9 Å². The van der Waals surface area contributed by atoms with E-state index < -0.39 is 23.9 Å². The summed E-state index contributed by atoms with van der Waals surface area (Å²) in [7, 11) is 0. The minimum atomic E-state index is -0.893. The minimum Gasteiger partial charge on any atom is -0.292 e. The first-order valence-electron chi connectivity index (χ1n) is 10.7. The fraction of sp³-hybridized carbons (Fsp3) is 0.154. The number of hydrazone groups is 1. The van der Waals surface area contributed by atoms with Gasteiger partial charge in [-0.25, -0.2) is 4.90 Å². The van der Waals surface area contributed by atoms with E-state index in [0.717, 1.165) is 11.1 Å². The molecule has 0 radical (unpaired) electrons. The Labute approximate surface area is 195 Å². The fourth-order valence-corrected chi connectivity index (χ4v) is 5.41. The molecule has 3 heterocycles. The number of Topliss-reactive ketones (excluding diaryl/α,β-unsaturated/α-hetero) is 1. The number of halogens is 1. The summed E-state index contributed by atoms with van der Waals surface area (Å²) in [6.07, 6.45) is 1.69. The number of fused-ring (bicyclic) bond motifs is 5. The summed E-state index contributed by atoms with van der Waals surface area (Å²) in [5.41, 5.74) is 2.72. The van der Waals surface area contributed by atoms with Gasteiger partial charge in [0.25, 0.3) is 0 Å². The highest BCUT2D eigenvalue weighted by atomic mass is 35.5. The Morgan fingerprint density at radius 3 is 2.24 bits per heavy atom. The van der Waals surface area contributed by atoms with E-state index >= 15 is 0 Å². The predicted molar refractivity (Wildman–Crippen MR) is 124 cm³/mol. The molecule has 6 rings (SSSR count). The summed E-state index contributed by atoms with van der Waals surface area (Å²) < 4.78 is 0. The molecule has 3 aromatic carbocycles. The number of carbonyl (C=O) groups is 3. The molecule has 2 amide bonds. The van der Waals surface area contributed by atoms with Crippen LogP contribution < -0.4 is 4.90 Å². The smallest absolute Gasteiger partial charge is 0.240 e. The maximum atomic E-state index is 13.7. The highest BCUT2D eigenvalue weighted by molar-refractivity contribution is 6.30. The maximum Gasteiger partial charge on any atom is 0.240 e. The van der Waals surface area contributed by atoms with Crippen LogP contribution in [0.4, 0.5) is 5.69 Å². The molecule has 2 fully saturated rings. The molecular formula is C26H18ClN3O3. The molecule has 0 saturated carbocycles. The van der Waals surface area contributed by atoms with E-state index in [1.807, 2.05) is 30.3 Å². The van der Waals surface area contributed by atoms with Crippen LogP contribution in [0.15, 0.2) is 84.0 Å². The van der Waals surface area contributed by atoms with Gasteiger partial charge >= 0.3 is 0 Å². The second-order valence-electron chi connectivity index (χ2n) is 8.41. The van der Waals surface area contributed by atoms with Gasteiger partial charge < -0.3 is 0 Å². The average molecular weight is 456 g/mol. The third kappa shape index (κ3) is 2.87. The molecule has 33 heavy (non-hydrogen) atoms. The number of para-hydroxylation sites is 1. The molecule has 0 aliphatic carbocycles. The molecule has 6 nitrogen and oxygen atoms in total. The van der Waals surface area contributed by atoms with E-state index in [1.54, 1.807) is 59.8 Å². The van der Waals surface area contributed by atoms with Crippen LogP contribution in [0.2, 0.25) is 5.02 Å². The number of carbonyl (C=O) groups excluding carboxylic acids is 3. The van der Waals surface area contributed by atoms with E-state index in [-0.39, 0.29) is 17.6 Å². The van der Waals surface area contributed by atoms with Crippen LogP contribution in [0.1, 0.15) is 27.5 Å². The molecule has 4 atom stereocenters. The zero-order chi connectivity index (χ0) is 22.7. The summed E-state index contributed by atoms with van der Waals surface area (Å²) in [6, 6.07) is 21.7. The number of benzene rings is 3. The number of ketones is 1. The first-order valence-corrected chi connectivity index (χ1v) is 11.1. The van der Waals surface area contributed by atoms with Crippen LogP contribution >= 0.6 is 11.6 Å². The van der Waals surface area contributed by atoms with Crippen molar-refractivity contribution in [1.82, 2.24) is 5.01 Å². The van der Waals surface area contributed by atoms with Gasteiger partial charge in [0.2, 0.25) is 11.8 Å². The van der Waals surface area contributed by atoms with Crippen molar-refractivity contribution < 1.29 is 14.4 Å². The Balaban J connectivity index is 1.50. The van der Waals surface area contributed by atoms with Gasteiger partial charge in [-0.1, -0.05) is 54.1 Å². The third-order valence-corrected chi connectivity index (χ3v) is 6.96. The van der Waals surface area contributed by atoms with Crippen LogP contribution in [0.3, 0.4) is 0 Å². The van der Waals surface area contributed by atoms with Crippen molar-refractivity contribution in [3.8, 4) is 0 Å². The van der Waals surface area contributed by atoms with E-state index in [9.17, 15) is 14.4 Å². The lowest BCUT2D eigenvalue weighted by atomic mass is 9.83. The summed E-state index contributed by atoms with van der Waals surface area (Å²) in [4.78, 5) is 42.4. The third-order valence-electron chi connectivity index (χ3n) is 6.70. The molecule has 2 saturated heterocycles. The summed E-state index contributed by atoms with van der Waals surface area (Å²) in [5, 5.41) is 6.74. The van der Waals surface area contributed by atoms with E-state index in [2.05, 4.69) is 5.10 Å². The van der Waals surface area contributed by atoms with Gasteiger partial charge in [0, 0.05) is 10.6 Å². The molecule has 3 aliphatic rings. The van der Waals surface area contributed by atoms with Crippen LogP contribution in [0, 0.1) is 11.8 Å². The number of hydrogen-bond donors (Lipinski definition) is 0. The first kappa shape index (κ1) is 19.9. The van der Waals surface area contributed by atoms with Gasteiger partial charge in [0.15, 0.2) is 5.78 Å². The van der Waals surface area contributed by atoms with Crippen LogP contribution in [0.25, 0.3) is 0 Å². The molecule has 3 aliphatic heterocycles. The minimum absolute atomic E-state index is 0.253. The number of anilines is 1. The summed E-state index contributed by atoms with van der Waals surface area (Å²) >= 11 is 6.01. The second-order valence-corrected chi connectivity index (χ2v) is 8.85. The average Bonchev–Trinajstić information content (AvgIpc) is 3.32. The van der Waals surface area contributed by atoms with E-state index in [4.69, 9.17) is 11.6 Å². The number of nitrogens with zero attached hydrogens (tertiary/aromatic N) is 3. The van der Waals surface area contributed by atoms with Crippen molar-refractivity contribution in [3.05, 3.63) is 101 Å². The SMILES string of the molecule is O=C(c1ccc(Cl)cc1)[C@@H]1[C@@H]2C(=O)N(c3ccccc3)C(=O)[C@@H]2C2c3ccccc3C=NN21. The quantitative estimate of drug-likeness (QED) is 0.440. The lowest BCUT2D eigenvalue weighted by Gasteiger charge is -2.33. The van der Waals surface area contributed by atoms with Crippen molar-refractivity contribution in [1.29, 1.82) is 0 Å². The number of hydrogen-bond acceptors (Lipinski definition) is 5. The Kier molecular flexibility index (Phi) is 4.45. The van der Waals surface area contributed by atoms with Gasteiger partial charge in [0.05, 0.1) is 29.8 Å². The van der Waals surface area contributed by atoms with E-state index in [0.29, 0.717) is 16.3 Å². The van der Waals surface area contributed by atoms with Crippen molar-refractivity contribution in [2.75, 3.05) is 4.90 Å². The van der Waals surface area contributed by atoms with Crippen LogP contribution in [-0.2, 0) is 9.59 Å². The molecule has 162 valence electrons. The Hall–Kier alpha value is -3.77. The number of imide groups is 1. The zero-order valence-corrected chi connectivity index (χ0v) is 18.1. The van der Waals surface area contributed by atoms with Crippen molar-refractivity contribution >= 4 is 41.1 Å². The zero-order valence-electron chi connectivity index (χ0n) is 17.3. The normalized spacial score (nSPS) is 25.1. The molecule has 3 aromatic rings. The van der Waals surface area contributed by atoms with Gasteiger partial charge in [-0.3, -0.25) is 19.4 Å². The highest BCUT2D eigenvalue weighted by Crippen LogP contribution is 2.53. The molecule has 1 unspecified atom stereocenters. The fourth-order valence-electron chi connectivity index (χ4n) is 5.28. The van der Waals surface area contributed by atoms with Gasteiger partial charge in [-0.15, -0.1) is 0 Å². The Morgan fingerprint density at radius 1 is 0.818 bits per heavy atom. The maximum absolute atomic E-state index is 13.7. The second kappa shape index (κ2) is 7.39. The summed E-state index contributed by atoms with van der Waals surface area (Å²) in [5.74, 6) is -2.47. The van der Waals surface area contributed by atoms with E-state index in [1.165, 1.54) is 4.90 Å². The van der Waals surface area contributed by atoms with Crippen LogP contribution in [0.5, 0.6) is 0 Å². The molecule has 7 heteroatoms. The predicted octanol–water partition coefficient (Wildman–Crippen LogP) is 4.10. The van der Waals surface area contributed by atoms with Gasteiger partial charge in [-0.2, -0.15) is 5.10 Å². The Morgan fingerprint density at radius 2 is 1.48 bits per heavy atom. The molecular weight excluding hydrogens is 438 g/mol. The lowest BCUT2D eigenvalue weighted by molar-refractivity contribution is -0.124. The van der Waals surface area contributed by atoms with Crippen molar-refractivity contribution in [2.45, 2.75) is 12.1 Å². The lowest BCUT2D eigenvalue weighted by Crippen LogP contribution is -2.44. The molecule has 0 N–H and O–H groups in total. The van der Waals surface area contributed by atoms with Gasteiger partial charge in [0.1, 0.15) is 6.04 Å². The van der Waals surface area contributed by atoms with Crippen molar-refractivity contribution in [2.24, 2.45) is 16.9 Å². The standard InChI is InChI=1S/C26H18ClN3O3/c27-17-12-10-15(11-13-17)24(31)23-21-20(22-19-9-5-4-6-16(19)14-28-30(22)23)25(32)29(26(21)33)18-7-2-1-3-8-18/h1-14,20-23H/t20-,21+,22?,23-/m0/s1. The highest BCUT2D eigenvalue weighted by Gasteiger charge is 2.65. The number of amides is 2. The monoisotopic (exact) mass is 455 g/mol. The molecule has 0 spiro atoms. The van der Waals surface area contributed by atoms with Crippen molar-refractivity contribution in [3.63, 3.8) is 0 Å².